The Balaban J connectivity index is 1.47. The van der Waals surface area contributed by atoms with E-state index in [0.29, 0.717) is 22.4 Å². The molecule has 31 heavy (non-hydrogen) atoms. The smallest absolute Gasteiger partial charge is 0.252 e. The van der Waals surface area contributed by atoms with Crippen molar-refractivity contribution in [3.63, 3.8) is 0 Å². The van der Waals surface area contributed by atoms with Gasteiger partial charge in [0, 0.05) is 22.6 Å². The van der Waals surface area contributed by atoms with Crippen LogP contribution >= 0.6 is 11.8 Å². The lowest BCUT2D eigenvalue weighted by Gasteiger charge is -2.24. The van der Waals surface area contributed by atoms with Gasteiger partial charge in [0.15, 0.2) is 26.5 Å². The van der Waals surface area contributed by atoms with Gasteiger partial charge in [0.2, 0.25) is 6.79 Å². The second kappa shape index (κ2) is 7.76. The highest BCUT2D eigenvalue weighted by molar-refractivity contribution is 8.16. The van der Waals surface area contributed by atoms with Gasteiger partial charge in [-0.05, 0) is 18.2 Å². The molecule has 8 nitrogen and oxygen atoms in total. The third kappa shape index (κ3) is 3.85. The number of anilines is 1. The van der Waals surface area contributed by atoms with Crippen LogP contribution in [-0.2, 0) is 21.1 Å². The fraction of sp³-hybridized carbons (Fsp3) is 0.333. The zero-order chi connectivity index (χ0) is 21.6. The Kier molecular flexibility index (Phi) is 5.05. The van der Waals surface area contributed by atoms with E-state index in [9.17, 15) is 13.2 Å². The molecule has 2 atom stereocenters. The summed E-state index contributed by atoms with van der Waals surface area (Å²) >= 11 is 1.34. The molecule has 3 aliphatic rings. The monoisotopic (exact) mass is 460 g/mol. The SMILES string of the molecule is COc1ccccc1CC(=O)N=C1SC2CS(=O)(=O)CC2N1c1ccc2c(c1)OCO2. The molecular formula is C21H20N2O6S2. The Hall–Kier alpha value is -2.72. The molecule has 0 N–H and O–H groups in total. The molecule has 0 spiro atoms. The minimum atomic E-state index is -3.14. The standard InChI is InChI=1S/C21H20N2O6S2/c1-27-16-5-3-2-4-13(16)8-20(24)22-21-23(15-10-31(25,26)11-19(15)30-21)14-6-7-17-18(9-14)29-12-28-17/h2-7,9,15,19H,8,10-12H2,1H3. The van der Waals surface area contributed by atoms with Gasteiger partial charge in [-0.2, -0.15) is 4.99 Å². The minimum Gasteiger partial charge on any atom is -0.496 e. The summed E-state index contributed by atoms with van der Waals surface area (Å²) < 4.78 is 40.7. The van der Waals surface area contributed by atoms with Crippen molar-refractivity contribution in [1.29, 1.82) is 0 Å². The van der Waals surface area contributed by atoms with Crippen LogP contribution in [0.25, 0.3) is 0 Å². The summed E-state index contributed by atoms with van der Waals surface area (Å²) in [5, 5.41) is 0.330. The van der Waals surface area contributed by atoms with E-state index in [1.54, 1.807) is 25.3 Å². The molecule has 2 aromatic carbocycles. The number of carbonyl (C=O) groups is 1. The predicted molar refractivity (Wildman–Crippen MR) is 118 cm³/mol. The Morgan fingerprint density at radius 2 is 2.00 bits per heavy atom. The summed E-state index contributed by atoms with van der Waals surface area (Å²) in [6.07, 6.45) is 0.0939. The molecule has 162 valence electrons. The summed E-state index contributed by atoms with van der Waals surface area (Å²) in [6.45, 7) is 0.145. The van der Waals surface area contributed by atoms with E-state index < -0.39 is 9.84 Å². The van der Waals surface area contributed by atoms with Crippen molar-refractivity contribution in [2.45, 2.75) is 17.7 Å². The summed E-state index contributed by atoms with van der Waals surface area (Å²) in [7, 11) is -1.58. The number of hydrogen-bond acceptors (Lipinski definition) is 7. The molecular weight excluding hydrogens is 440 g/mol. The molecule has 2 aromatic rings. The van der Waals surface area contributed by atoms with Crippen LogP contribution in [0.4, 0.5) is 5.69 Å². The maximum absolute atomic E-state index is 12.8. The summed E-state index contributed by atoms with van der Waals surface area (Å²) in [5.74, 6) is 1.64. The minimum absolute atomic E-state index is 0.0266. The van der Waals surface area contributed by atoms with Crippen LogP contribution in [0.2, 0.25) is 0 Å². The van der Waals surface area contributed by atoms with Gasteiger partial charge >= 0.3 is 0 Å². The normalized spacial score (nSPS) is 24.4. The van der Waals surface area contributed by atoms with Crippen molar-refractivity contribution >= 4 is 38.4 Å². The van der Waals surface area contributed by atoms with E-state index in [-0.39, 0.29) is 41.9 Å². The van der Waals surface area contributed by atoms with Crippen LogP contribution in [0.5, 0.6) is 17.2 Å². The van der Waals surface area contributed by atoms with Crippen LogP contribution in [0.3, 0.4) is 0 Å². The molecule has 0 radical (unpaired) electrons. The summed E-state index contributed by atoms with van der Waals surface area (Å²) in [6, 6.07) is 12.5. The molecule has 5 rings (SSSR count). The first-order valence-electron chi connectivity index (χ1n) is 9.73. The van der Waals surface area contributed by atoms with Crippen molar-refractivity contribution in [1.82, 2.24) is 0 Å². The first kappa shape index (κ1) is 20.2. The van der Waals surface area contributed by atoms with Crippen molar-refractivity contribution in [2.75, 3.05) is 30.3 Å². The second-order valence-electron chi connectivity index (χ2n) is 7.48. The number of nitrogens with zero attached hydrogens (tertiary/aromatic N) is 2. The number of ether oxygens (including phenoxy) is 3. The van der Waals surface area contributed by atoms with Gasteiger partial charge in [-0.25, -0.2) is 8.42 Å². The largest absolute Gasteiger partial charge is 0.496 e. The van der Waals surface area contributed by atoms with Gasteiger partial charge in [-0.15, -0.1) is 0 Å². The molecule has 2 fully saturated rings. The Morgan fingerprint density at radius 3 is 2.84 bits per heavy atom. The van der Waals surface area contributed by atoms with Crippen molar-refractivity contribution < 1.29 is 27.4 Å². The average Bonchev–Trinajstić information content (AvgIpc) is 3.39. The first-order valence-corrected chi connectivity index (χ1v) is 12.4. The van der Waals surface area contributed by atoms with E-state index in [2.05, 4.69) is 4.99 Å². The fourth-order valence-electron chi connectivity index (χ4n) is 4.06. The zero-order valence-electron chi connectivity index (χ0n) is 16.7. The van der Waals surface area contributed by atoms with Crippen LogP contribution in [0.15, 0.2) is 47.5 Å². The highest BCUT2D eigenvalue weighted by atomic mass is 32.2. The van der Waals surface area contributed by atoms with E-state index in [4.69, 9.17) is 14.2 Å². The first-order chi connectivity index (χ1) is 14.9. The number of amides is 1. The maximum atomic E-state index is 12.8. The average molecular weight is 461 g/mol. The Morgan fingerprint density at radius 1 is 1.19 bits per heavy atom. The van der Waals surface area contributed by atoms with E-state index in [1.165, 1.54) is 11.8 Å². The number of benzene rings is 2. The molecule has 0 aromatic heterocycles. The Labute approximate surface area is 184 Å². The molecule has 2 unspecified atom stereocenters. The van der Waals surface area contributed by atoms with E-state index in [0.717, 1.165) is 11.3 Å². The summed E-state index contributed by atoms with van der Waals surface area (Å²) in [4.78, 5) is 19.0. The fourth-order valence-corrected chi connectivity index (χ4v) is 7.99. The number of thioether (sulfide) groups is 1. The summed E-state index contributed by atoms with van der Waals surface area (Å²) in [5.41, 5.74) is 1.48. The number of fused-ring (bicyclic) bond motifs is 2. The lowest BCUT2D eigenvalue weighted by atomic mass is 10.1. The van der Waals surface area contributed by atoms with Crippen molar-refractivity contribution in [3.05, 3.63) is 48.0 Å². The number of sulfone groups is 1. The molecule has 0 bridgehead atoms. The number of methoxy groups -OCH3 is 1. The van der Waals surface area contributed by atoms with Gasteiger partial charge in [0.05, 0.1) is 31.1 Å². The number of amidine groups is 1. The number of rotatable bonds is 4. The van der Waals surface area contributed by atoms with Gasteiger partial charge < -0.3 is 19.1 Å². The van der Waals surface area contributed by atoms with E-state index >= 15 is 0 Å². The lowest BCUT2D eigenvalue weighted by molar-refractivity contribution is -0.117. The topological polar surface area (TPSA) is 94.5 Å². The number of hydrogen-bond donors (Lipinski definition) is 0. The van der Waals surface area contributed by atoms with Crippen LogP contribution in [-0.4, -0.2) is 56.2 Å². The lowest BCUT2D eigenvalue weighted by Crippen LogP contribution is -2.37. The van der Waals surface area contributed by atoms with Gasteiger partial charge in [-0.1, -0.05) is 30.0 Å². The third-order valence-electron chi connectivity index (χ3n) is 5.46. The van der Waals surface area contributed by atoms with Gasteiger partial charge in [-0.3, -0.25) is 4.79 Å². The molecule has 0 aliphatic carbocycles. The quantitative estimate of drug-likeness (QED) is 0.686. The van der Waals surface area contributed by atoms with Crippen LogP contribution < -0.4 is 19.1 Å². The van der Waals surface area contributed by atoms with Crippen molar-refractivity contribution in [2.24, 2.45) is 4.99 Å². The van der Waals surface area contributed by atoms with Gasteiger partial charge in [0.25, 0.3) is 5.91 Å². The van der Waals surface area contributed by atoms with Crippen molar-refractivity contribution in [3.8, 4) is 17.2 Å². The number of aliphatic imine (C=N–C) groups is 1. The van der Waals surface area contributed by atoms with Crippen LogP contribution in [0, 0.1) is 0 Å². The zero-order valence-corrected chi connectivity index (χ0v) is 18.3. The third-order valence-corrected chi connectivity index (χ3v) is 8.67. The van der Waals surface area contributed by atoms with E-state index in [1.807, 2.05) is 29.2 Å². The molecule has 0 saturated carbocycles. The van der Waals surface area contributed by atoms with Crippen LogP contribution in [0.1, 0.15) is 5.56 Å². The Bertz CT molecular complexity index is 1180. The predicted octanol–water partition coefficient (Wildman–Crippen LogP) is 2.27. The second-order valence-corrected chi connectivity index (χ2v) is 10.8. The van der Waals surface area contributed by atoms with Gasteiger partial charge in [0.1, 0.15) is 5.75 Å². The highest BCUT2D eigenvalue weighted by Gasteiger charge is 2.49. The maximum Gasteiger partial charge on any atom is 0.252 e. The highest BCUT2D eigenvalue weighted by Crippen LogP contribution is 2.44. The molecule has 2 saturated heterocycles. The molecule has 3 heterocycles. The molecule has 10 heteroatoms. The molecule has 3 aliphatic heterocycles. The molecule has 1 amide bonds. The number of para-hydroxylation sites is 1. The number of carbonyl (C=O) groups excluding carboxylic acids is 1.